The monoisotopic (exact) mass is 491 g/mol. The molecular weight excluding hydrogens is 471 g/mol. The molecule has 0 unspecified atom stereocenters. The standard InChI is InChI=1S/C25H20F3N7O/c1-14-3-4-18(34-23(29)21-11-17(13-33-35-21)25(26,27)28)12-19(14)15-5-7-31-20(9-15)16-6-8-32-22(10-16)24(36)30-2/h3-13H,1-2H3,(H2,29,34)(H,30,36). The summed E-state index contributed by atoms with van der Waals surface area (Å²) in [6.45, 7) is 1.92. The van der Waals surface area contributed by atoms with Crippen LogP contribution in [0.5, 0.6) is 0 Å². The summed E-state index contributed by atoms with van der Waals surface area (Å²) in [6.07, 6.45) is -0.764. The number of aliphatic imine (C=N–C) groups is 1. The van der Waals surface area contributed by atoms with Crippen molar-refractivity contribution in [1.82, 2.24) is 25.5 Å². The van der Waals surface area contributed by atoms with E-state index in [9.17, 15) is 18.0 Å². The summed E-state index contributed by atoms with van der Waals surface area (Å²) < 4.78 is 39.0. The minimum absolute atomic E-state index is 0.178. The van der Waals surface area contributed by atoms with Crippen molar-refractivity contribution in [2.75, 3.05) is 7.05 Å². The fraction of sp³-hybridized carbons (Fsp3) is 0.120. The predicted molar refractivity (Wildman–Crippen MR) is 128 cm³/mol. The summed E-state index contributed by atoms with van der Waals surface area (Å²) in [6, 6.07) is 13.2. The van der Waals surface area contributed by atoms with E-state index in [4.69, 9.17) is 5.73 Å². The maximum atomic E-state index is 13.0. The molecule has 0 saturated heterocycles. The van der Waals surface area contributed by atoms with Crippen LogP contribution in [-0.4, -0.2) is 39.0 Å². The molecule has 0 aliphatic heterocycles. The zero-order chi connectivity index (χ0) is 25.9. The molecular formula is C25H20F3N7O. The topological polar surface area (TPSA) is 119 Å². The number of halogens is 3. The predicted octanol–water partition coefficient (Wildman–Crippen LogP) is 4.32. The van der Waals surface area contributed by atoms with Gasteiger partial charge in [-0.3, -0.25) is 14.8 Å². The van der Waals surface area contributed by atoms with Gasteiger partial charge in [0.1, 0.15) is 11.4 Å². The van der Waals surface area contributed by atoms with Crippen LogP contribution in [0.15, 0.2) is 72.1 Å². The maximum Gasteiger partial charge on any atom is 0.418 e. The number of carbonyl (C=O) groups is 1. The average molecular weight is 491 g/mol. The normalized spacial score (nSPS) is 11.9. The van der Waals surface area contributed by atoms with Crippen LogP contribution in [0.25, 0.3) is 22.4 Å². The molecule has 11 heteroatoms. The molecule has 0 spiro atoms. The fourth-order valence-electron chi connectivity index (χ4n) is 3.43. The Bertz CT molecular complexity index is 1470. The van der Waals surface area contributed by atoms with Crippen LogP contribution in [0, 0.1) is 6.92 Å². The molecule has 4 rings (SSSR count). The van der Waals surface area contributed by atoms with Gasteiger partial charge in [-0.15, -0.1) is 5.10 Å². The number of nitrogens with two attached hydrogens (primary N) is 1. The number of benzene rings is 1. The van der Waals surface area contributed by atoms with Gasteiger partial charge in [0, 0.05) is 25.0 Å². The van der Waals surface area contributed by atoms with E-state index in [2.05, 4.69) is 30.5 Å². The fourth-order valence-corrected chi connectivity index (χ4v) is 3.43. The SMILES string of the molecule is CNC(=O)c1cc(-c2cc(-c3cc(N=C(N)c4cc(C(F)(F)F)cnn4)ccc3C)ccn2)ccn1. The minimum Gasteiger partial charge on any atom is -0.382 e. The second kappa shape index (κ2) is 9.90. The molecule has 3 N–H and O–H groups in total. The van der Waals surface area contributed by atoms with Gasteiger partial charge in [0.25, 0.3) is 5.91 Å². The molecule has 182 valence electrons. The van der Waals surface area contributed by atoms with Crippen molar-refractivity contribution in [3.8, 4) is 22.4 Å². The van der Waals surface area contributed by atoms with Gasteiger partial charge in [-0.25, -0.2) is 4.99 Å². The highest BCUT2D eigenvalue weighted by molar-refractivity contribution is 5.97. The summed E-state index contributed by atoms with van der Waals surface area (Å²) in [5.41, 5.74) is 9.43. The van der Waals surface area contributed by atoms with Crippen LogP contribution in [0.1, 0.15) is 27.3 Å². The number of amides is 1. The molecule has 0 bridgehead atoms. The number of nitrogens with one attached hydrogen (secondary N) is 1. The molecule has 1 aromatic carbocycles. The molecule has 0 aliphatic carbocycles. The van der Waals surface area contributed by atoms with Crippen molar-refractivity contribution < 1.29 is 18.0 Å². The van der Waals surface area contributed by atoms with Crippen LogP contribution >= 0.6 is 0 Å². The highest BCUT2D eigenvalue weighted by atomic mass is 19.4. The van der Waals surface area contributed by atoms with Crippen molar-refractivity contribution in [1.29, 1.82) is 0 Å². The lowest BCUT2D eigenvalue weighted by Crippen LogP contribution is -2.19. The highest BCUT2D eigenvalue weighted by Crippen LogP contribution is 2.31. The van der Waals surface area contributed by atoms with Crippen LogP contribution < -0.4 is 11.1 Å². The van der Waals surface area contributed by atoms with Crippen molar-refractivity contribution in [2.45, 2.75) is 13.1 Å². The number of nitrogens with zero attached hydrogens (tertiary/aromatic N) is 5. The first-order chi connectivity index (χ1) is 17.2. The van der Waals surface area contributed by atoms with Gasteiger partial charge in [0.2, 0.25) is 0 Å². The van der Waals surface area contributed by atoms with Crippen LogP contribution in [-0.2, 0) is 6.18 Å². The van der Waals surface area contributed by atoms with E-state index in [0.29, 0.717) is 23.1 Å². The second-order valence-corrected chi connectivity index (χ2v) is 7.76. The summed E-state index contributed by atoms with van der Waals surface area (Å²) in [5, 5.41) is 9.60. The molecule has 36 heavy (non-hydrogen) atoms. The lowest BCUT2D eigenvalue weighted by atomic mass is 9.99. The van der Waals surface area contributed by atoms with Crippen LogP contribution in [0.2, 0.25) is 0 Å². The van der Waals surface area contributed by atoms with Crippen LogP contribution in [0.3, 0.4) is 0 Å². The van der Waals surface area contributed by atoms with Crippen molar-refractivity contribution in [3.05, 3.63) is 89.6 Å². The van der Waals surface area contributed by atoms with Gasteiger partial charge in [-0.1, -0.05) is 6.07 Å². The van der Waals surface area contributed by atoms with Gasteiger partial charge in [0.15, 0.2) is 5.84 Å². The Morgan fingerprint density at radius 1 is 0.972 bits per heavy atom. The Balaban J connectivity index is 1.69. The number of hydrogen-bond donors (Lipinski definition) is 2. The molecule has 1 amide bonds. The molecule has 3 aromatic heterocycles. The van der Waals surface area contributed by atoms with E-state index in [1.807, 2.05) is 25.1 Å². The van der Waals surface area contributed by atoms with E-state index in [-0.39, 0.29) is 23.1 Å². The lowest BCUT2D eigenvalue weighted by molar-refractivity contribution is -0.137. The Hall–Kier alpha value is -4.67. The molecule has 0 fully saturated rings. The number of pyridine rings is 2. The van der Waals surface area contributed by atoms with Crippen LogP contribution in [0.4, 0.5) is 18.9 Å². The van der Waals surface area contributed by atoms with E-state index >= 15 is 0 Å². The molecule has 0 saturated carbocycles. The smallest absolute Gasteiger partial charge is 0.382 e. The molecule has 0 radical (unpaired) electrons. The Morgan fingerprint density at radius 3 is 2.47 bits per heavy atom. The Morgan fingerprint density at radius 2 is 1.72 bits per heavy atom. The van der Waals surface area contributed by atoms with E-state index in [0.717, 1.165) is 22.8 Å². The second-order valence-electron chi connectivity index (χ2n) is 7.76. The van der Waals surface area contributed by atoms with Crippen molar-refractivity contribution >= 4 is 17.4 Å². The third-order valence-electron chi connectivity index (χ3n) is 5.30. The molecule has 4 aromatic rings. The van der Waals surface area contributed by atoms with Gasteiger partial charge in [0.05, 0.1) is 23.1 Å². The first-order valence-corrected chi connectivity index (χ1v) is 10.7. The number of aryl methyl sites for hydroxylation is 1. The molecule has 8 nitrogen and oxygen atoms in total. The minimum atomic E-state index is -4.57. The first kappa shape index (κ1) is 24.5. The van der Waals surface area contributed by atoms with E-state index < -0.39 is 11.7 Å². The number of carbonyl (C=O) groups excluding carboxylic acids is 1. The lowest BCUT2D eigenvalue weighted by Gasteiger charge is -2.10. The van der Waals surface area contributed by atoms with Gasteiger partial charge in [-0.2, -0.15) is 18.3 Å². The molecule has 0 aliphatic rings. The van der Waals surface area contributed by atoms with E-state index in [1.54, 1.807) is 30.5 Å². The van der Waals surface area contributed by atoms with E-state index in [1.165, 1.54) is 13.2 Å². The third kappa shape index (κ3) is 5.35. The Kier molecular flexibility index (Phi) is 6.73. The van der Waals surface area contributed by atoms with Gasteiger partial charge >= 0.3 is 6.18 Å². The quantitative estimate of drug-likeness (QED) is 0.317. The number of aromatic nitrogens is 4. The number of alkyl halides is 3. The van der Waals surface area contributed by atoms with Gasteiger partial charge < -0.3 is 11.1 Å². The number of rotatable bonds is 5. The summed E-state index contributed by atoms with van der Waals surface area (Å²) in [7, 11) is 1.53. The third-order valence-corrected chi connectivity index (χ3v) is 5.30. The Labute approximate surface area is 204 Å². The zero-order valence-corrected chi connectivity index (χ0v) is 19.2. The molecule has 0 atom stereocenters. The zero-order valence-electron chi connectivity index (χ0n) is 19.2. The largest absolute Gasteiger partial charge is 0.418 e. The molecule has 3 heterocycles. The maximum absolute atomic E-state index is 13.0. The number of hydrogen-bond acceptors (Lipinski definition) is 6. The van der Waals surface area contributed by atoms with Crippen molar-refractivity contribution in [2.24, 2.45) is 10.7 Å². The van der Waals surface area contributed by atoms with Crippen molar-refractivity contribution in [3.63, 3.8) is 0 Å². The highest BCUT2D eigenvalue weighted by Gasteiger charge is 2.31. The number of amidine groups is 1. The van der Waals surface area contributed by atoms with Gasteiger partial charge in [-0.05, 0) is 66.1 Å². The summed E-state index contributed by atoms with van der Waals surface area (Å²) in [4.78, 5) is 24.7. The summed E-state index contributed by atoms with van der Waals surface area (Å²) in [5.74, 6) is -0.505. The average Bonchev–Trinajstić information content (AvgIpc) is 2.89. The first-order valence-electron chi connectivity index (χ1n) is 10.7. The summed E-state index contributed by atoms with van der Waals surface area (Å²) >= 11 is 0.